The van der Waals surface area contributed by atoms with Crippen LogP contribution >= 0.6 is 0 Å². The van der Waals surface area contributed by atoms with Crippen molar-refractivity contribution in [1.29, 1.82) is 0 Å². The van der Waals surface area contributed by atoms with E-state index in [-0.39, 0.29) is 23.8 Å². The van der Waals surface area contributed by atoms with Crippen LogP contribution in [0.25, 0.3) is 0 Å². The molecule has 0 aromatic carbocycles. The molecule has 0 spiro atoms. The monoisotopic (exact) mass is 389 g/mol. The zero-order chi connectivity index (χ0) is 20.3. The van der Waals surface area contributed by atoms with E-state index in [1.54, 1.807) is 6.33 Å². The lowest BCUT2D eigenvalue weighted by molar-refractivity contribution is -0.138. The number of piperidine rings is 1. The van der Waals surface area contributed by atoms with Gasteiger partial charge in [0.25, 0.3) is 0 Å². The summed E-state index contributed by atoms with van der Waals surface area (Å²) in [5, 5.41) is 2.84. The van der Waals surface area contributed by atoms with Crippen molar-refractivity contribution in [3.63, 3.8) is 0 Å². The van der Waals surface area contributed by atoms with E-state index in [9.17, 15) is 14.4 Å². The molecule has 2 unspecified atom stereocenters. The van der Waals surface area contributed by atoms with Gasteiger partial charge in [0.2, 0.25) is 5.91 Å². The van der Waals surface area contributed by atoms with Gasteiger partial charge in [-0.25, -0.2) is 9.78 Å². The predicted octanol–water partition coefficient (Wildman–Crippen LogP) is 1.21. The molecule has 0 radical (unpaired) electrons. The Labute approximate surface area is 166 Å². The van der Waals surface area contributed by atoms with Gasteiger partial charge in [-0.05, 0) is 32.7 Å². The van der Waals surface area contributed by atoms with Crippen LogP contribution in [-0.2, 0) is 23.1 Å². The molecule has 1 saturated heterocycles. The second-order valence-electron chi connectivity index (χ2n) is 8.08. The summed E-state index contributed by atoms with van der Waals surface area (Å²) in [6, 6.07) is 0.0250. The van der Waals surface area contributed by atoms with Gasteiger partial charge in [-0.1, -0.05) is 0 Å². The molecule has 2 aliphatic rings. The van der Waals surface area contributed by atoms with Crippen LogP contribution in [0.15, 0.2) is 12.5 Å². The Morgan fingerprint density at radius 3 is 2.82 bits per heavy atom. The number of imide groups is 1. The molecule has 1 aromatic rings. The molecule has 154 valence electrons. The Morgan fingerprint density at radius 1 is 1.36 bits per heavy atom. The molecule has 3 atom stereocenters. The van der Waals surface area contributed by atoms with Gasteiger partial charge in [0.05, 0.1) is 17.9 Å². The highest BCUT2D eigenvalue weighted by Gasteiger charge is 2.41. The minimum Gasteiger partial charge on any atom is -0.340 e. The summed E-state index contributed by atoms with van der Waals surface area (Å²) in [6.45, 7) is 3.23. The Kier molecular flexibility index (Phi) is 6.49. The van der Waals surface area contributed by atoms with Gasteiger partial charge in [0.15, 0.2) is 0 Å². The number of urea groups is 1. The second kappa shape index (κ2) is 8.86. The lowest BCUT2D eigenvalue weighted by atomic mass is 9.74. The molecule has 1 aliphatic carbocycles. The van der Waals surface area contributed by atoms with Crippen LogP contribution in [0.3, 0.4) is 0 Å². The van der Waals surface area contributed by atoms with E-state index in [1.165, 1.54) is 4.90 Å². The highest BCUT2D eigenvalue weighted by atomic mass is 16.2. The standard InChI is InChI=1S/C20H31N5O3/c1-4-25(20(28)21-8-7-16-12-23(2)13-22-16)19(27)15-9-14-10-17(26)5-6-18(14)24(3)11-15/h12-15,18H,4-11H2,1-3H3,(H,21,28)/t14-,15?,18?/m1/s1. The molecular weight excluding hydrogens is 358 g/mol. The number of fused-ring (bicyclic) bond motifs is 1. The number of nitrogens with one attached hydrogen (secondary N) is 1. The summed E-state index contributed by atoms with van der Waals surface area (Å²) in [5.41, 5.74) is 0.902. The van der Waals surface area contributed by atoms with E-state index < -0.39 is 0 Å². The molecule has 8 nitrogen and oxygen atoms in total. The van der Waals surface area contributed by atoms with Crippen molar-refractivity contribution in [2.75, 3.05) is 26.7 Å². The third-order valence-corrected chi connectivity index (χ3v) is 6.01. The smallest absolute Gasteiger partial charge is 0.324 e. The van der Waals surface area contributed by atoms with Crippen LogP contribution in [0, 0.1) is 11.8 Å². The predicted molar refractivity (Wildman–Crippen MR) is 105 cm³/mol. The number of aryl methyl sites for hydroxylation is 1. The van der Waals surface area contributed by atoms with Crippen LogP contribution in [0.5, 0.6) is 0 Å². The van der Waals surface area contributed by atoms with E-state index >= 15 is 0 Å². The van der Waals surface area contributed by atoms with Crippen molar-refractivity contribution in [1.82, 2.24) is 24.7 Å². The lowest BCUT2D eigenvalue weighted by Gasteiger charge is -2.45. The van der Waals surface area contributed by atoms with Gasteiger partial charge in [-0.3, -0.25) is 14.5 Å². The first-order chi connectivity index (χ1) is 13.4. The van der Waals surface area contributed by atoms with E-state index in [1.807, 2.05) is 31.8 Å². The summed E-state index contributed by atoms with van der Waals surface area (Å²) < 4.78 is 1.86. The van der Waals surface area contributed by atoms with Crippen LogP contribution in [0.4, 0.5) is 4.79 Å². The molecule has 28 heavy (non-hydrogen) atoms. The average Bonchev–Trinajstić information content (AvgIpc) is 3.07. The molecule has 1 saturated carbocycles. The van der Waals surface area contributed by atoms with E-state index in [4.69, 9.17) is 0 Å². The van der Waals surface area contributed by atoms with Crippen LogP contribution < -0.4 is 5.32 Å². The summed E-state index contributed by atoms with van der Waals surface area (Å²) in [6.07, 6.45) is 7.03. The van der Waals surface area contributed by atoms with Gasteiger partial charge in [0, 0.05) is 58.2 Å². The first kappa shape index (κ1) is 20.5. The first-order valence-electron chi connectivity index (χ1n) is 10.2. The number of nitrogens with zero attached hydrogens (tertiary/aromatic N) is 4. The summed E-state index contributed by atoms with van der Waals surface area (Å²) in [4.78, 5) is 45.2. The minimum atomic E-state index is -0.354. The maximum atomic E-state index is 13.0. The first-order valence-corrected chi connectivity index (χ1v) is 10.2. The number of amides is 3. The fourth-order valence-electron chi connectivity index (χ4n) is 4.61. The normalized spacial score (nSPS) is 25.2. The van der Waals surface area contributed by atoms with Gasteiger partial charge in [0.1, 0.15) is 5.78 Å². The molecule has 3 amide bonds. The minimum absolute atomic E-state index is 0.138. The molecule has 8 heteroatoms. The fourth-order valence-corrected chi connectivity index (χ4v) is 4.61. The molecule has 2 heterocycles. The summed E-state index contributed by atoms with van der Waals surface area (Å²) in [7, 11) is 3.92. The van der Waals surface area contributed by atoms with E-state index in [0.29, 0.717) is 57.1 Å². The number of likely N-dealkylation sites (tertiary alicyclic amines) is 1. The highest BCUT2D eigenvalue weighted by Crippen LogP contribution is 2.36. The van der Waals surface area contributed by atoms with Crippen LogP contribution in [-0.4, -0.2) is 69.8 Å². The quantitative estimate of drug-likeness (QED) is 0.818. The third-order valence-electron chi connectivity index (χ3n) is 6.01. The van der Waals surface area contributed by atoms with Gasteiger partial charge >= 0.3 is 6.03 Å². The molecule has 1 N–H and O–H groups in total. The number of carbonyl (C=O) groups is 3. The second-order valence-corrected chi connectivity index (χ2v) is 8.08. The van der Waals surface area contributed by atoms with Crippen molar-refractivity contribution >= 4 is 17.7 Å². The third kappa shape index (κ3) is 4.60. The lowest BCUT2D eigenvalue weighted by Crippen LogP contribution is -2.55. The zero-order valence-electron chi connectivity index (χ0n) is 17.1. The maximum absolute atomic E-state index is 13.0. The van der Waals surface area contributed by atoms with Gasteiger partial charge < -0.3 is 14.8 Å². The number of rotatable bonds is 5. The number of ketones is 1. The highest BCUT2D eigenvalue weighted by molar-refractivity contribution is 5.95. The largest absolute Gasteiger partial charge is 0.340 e. The number of hydrogen-bond donors (Lipinski definition) is 1. The van der Waals surface area contributed by atoms with Crippen molar-refractivity contribution in [3.8, 4) is 0 Å². The Hall–Kier alpha value is -2.22. The molecule has 1 aliphatic heterocycles. The van der Waals surface area contributed by atoms with Crippen LogP contribution in [0.2, 0.25) is 0 Å². The van der Waals surface area contributed by atoms with Crippen LogP contribution in [0.1, 0.15) is 38.3 Å². The number of aromatic nitrogens is 2. The Bertz CT molecular complexity index is 731. The SMILES string of the molecule is CCN(C(=O)NCCc1cn(C)cn1)C(=O)C1C[C@@H]2CC(=O)CCC2N(C)C1. The number of hydrogen-bond acceptors (Lipinski definition) is 5. The van der Waals surface area contributed by atoms with E-state index in [2.05, 4.69) is 15.2 Å². The Balaban J connectivity index is 1.56. The molecule has 1 aromatic heterocycles. The van der Waals surface area contributed by atoms with Crippen molar-refractivity contribution in [2.24, 2.45) is 18.9 Å². The van der Waals surface area contributed by atoms with Crippen molar-refractivity contribution < 1.29 is 14.4 Å². The van der Waals surface area contributed by atoms with Crippen molar-refractivity contribution in [3.05, 3.63) is 18.2 Å². The zero-order valence-corrected chi connectivity index (χ0v) is 17.1. The van der Waals surface area contributed by atoms with Gasteiger partial charge in [-0.2, -0.15) is 0 Å². The van der Waals surface area contributed by atoms with E-state index in [0.717, 1.165) is 12.1 Å². The van der Waals surface area contributed by atoms with Gasteiger partial charge in [-0.15, -0.1) is 0 Å². The molecule has 3 rings (SSSR count). The average molecular weight is 390 g/mol. The topological polar surface area (TPSA) is 87.5 Å². The molecule has 2 fully saturated rings. The molecular formula is C20H31N5O3. The molecule has 0 bridgehead atoms. The maximum Gasteiger partial charge on any atom is 0.324 e. The number of carbonyl (C=O) groups excluding carboxylic acids is 3. The van der Waals surface area contributed by atoms with Crippen molar-refractivity contribution in [2.45, 2.75) is 45.1 Å². The fraction of sp³-hybridized carbons (Fsp3) is 0.700. The number of imidazole rings is 1. The number of Topliss-reactive ketones (excluding diaryl/α,β-unsaturated/α-hetero) is 1. The summed E-state index contributed by atoms with van der Waals surface area (Å²) in [5.74, 6) is 0.141. The Morgan fingerprint density at radius 2 is 2.14 bits per heavy atom. The summed E-state index contributed by atoms with van der Waals surface area (Å²) >= 11 is 0.